The van der Waals surface area contributed by atoms with Crippen LogP contribution in [0.4, 0.5) is 4.39 Å². The van der Waals surface area contributed by atoms with Crippen molar-refractivity contribution < 1.29 is 9.50 Å². The Balaban J connectivity index is 1.93. The molecule has 0 unspecified atom stereocenters. The number of benzene rings is 1. The third kappa shape index (κ3) is 4.55. The smallest absolute Gasteiger partial charge is 0.165 e. The maximum Gasteiger partial charge on any atom is 0.165 e. The molecule has 0 atom stereocenters. The Kier molecular flexibility index (Phi) is 5.73. The molecule has 0 bridgehead atoms. The normalized spacial score (nSPS) is 10.8. The number of pyridine rings is 1. The zero-order valence-electron chi connectivity index (χ0n) is 12.5. The largest absolute Gasteiger partial charge is 0.505 e. The summed E-state index contributed by atoms with van der Waals surface area (Å²) in [7, 11) is 0. The van der Waals surface area contributed by atoms with Crippen molar-refractivity contribution in [3.63, 3.8) is 0 Å². The number of halogens is 1. The van der Waals surface area contributed by atoms with Gasteiger partial charge in [-0.25, -0.2) is 4.39 Å². The van der Waals surface area contributed by atoms with Gasteiger partial charge in [-0.2, -0.15) is 0 Å². The molecule has 0 aliphatic heterocycles. The lowest BCUT2D eigenvalue weighted by molar-refractivity contribution is 0.432. The number of nitrogens with zero attached hydrogens (tertiary/aromatic N) is 1. The number of rotatable bonds is 7. The van der Waals surface area contributed by atoms with E-state index in [1.165, 1.54) is 49.8 Å². The molecule has 0 aliphatic carbocycles. The molecule has 1 aromatic heterocycles. The lowest BCUT2D eigenvalue weighted by Crippen LogP contribution is -1.90. The summed E-state index contributed by atoms with van der Waals surface area (Å²) in [6.07, 6.45) is 9.23. The maximum atomic E-state index is 13.3. The SMILES string of the molecule is CCCCCCCc1ccc(-c2ccc(O)c(F)c2)nc1. The van der Waals surface area contributed by atoms with Gasteiger partial charge in [-0.15, -0.1) is 0 Å². The summed E-state index contributed by atoms with van der Waals surface area (Å²) in [6.45, 7) is 2.22. The van der Waals surface area contributed by atoms with E-state index in [2.05, 4.69) is 11.9 Å². The van der Waals surface area contributed by atoms with Crippen molar-refractivity contribution in [2.45, 2.75) is 45.4 Å². The van der Waals surface area contributed by atoms with Crippen molar-refractivity contribution >= 4 is 0 Å². The van der Waals surface area contributed by atoms with Gasteiger partial charge in [0.25, 0.3) is 0 Å². The molecule has 0 fully saturated rings. The van der Waals surface area contributed by atoms with Gasteiger partial charge in [-0.1, -0.05) is 38.7 Å². The molecule has 2 nitrogen and oxygen atoms in total. The van der Waals surface area contributed by atoms with Crippen LogP contribution in [0.1, 0.15) is 44.6 Å². The highest BCUT2D eigenvalue weighted by atomic mass is 19.1. The van der Waals surface area contributed by atoms with Crippen molar-refractivity contribution in [3.8, 4) is 17.0 Å². The number of unbranched alkanes of at least 4 members (excludes halogenated alkanes) is 4. The van der Waals surface area contributed by atoms with Gasteiger partial charge >= 0.3 is 0 Å². The van der Waals surface area contributed by atoms with E-state index in [1.807, 2.05) is 18.3 Å². The van der Waals surface area contributed by atoms with Crippen LogP contribution in [0.15, 0.2) is 36.5 Å². The van der Waals surface area contributed by atoms with Crippen LogP contribution in [0.3, 0.4) is 0 Å². The number of aromatic hydroxyl groups is 1. The Bertz CT molecular complexity index is 566. The van der Waals surface area contributed by atoms with Gasteiger partial charge in [-0.05, 0) is 42.7 Å². The van der Waals surface area contributed by atoms with E-state index in [-0.39, 0.29) is 5.75 Å². The Morgan fingerprint density at radius 1 is 1.05 bits per heavy atom. The molecule has 1 heterocycles. The van der Waals surface area contributed by atoms with Crippen LogP contribution < -0.4 is 0 Å². The summed E-state index contributed by atoms with van der Waals surface area (Å²) in [4.78, 5) is 4.39. The van der Waals surface area contributed by atoms with Crippen molar-refractivity contribution in [2.24, 2.45) is 0 Å². The van der Waals surface area contributed by atoms with Crippen LogP contribution in [0.25, 0.3) is 11.3 Å². The predicted octanol–water partition coefficient (Wildman–Crippen LogP) is 5.11. The predicted molar refractivity (Wildman–Crippen MR) is 83.8 cm³/mol. The molecule has 1 aromatic carbocycles. The molecule has 0 aliphatic rings. The molecule has 3 heteroatoms. The molecule has 0 spiro atoms. The highest BCUT2D eigenvalue weighted by Crippen LogP contribution is 2.23. The Labute approximate surface area is 125 Å². The molecule has 1 N–H and O–H groups in total. The van der Waals surface area contributed by atoms with E-state index in [0.717, 1.165) is 12.1 Å². The monoisotopic (exact) mass is 287 g/mol. The lowest BCUT2D eigenvalue weighted by atomic mass is 10.1. The third-order valence-corrected chi connectivity index (χ3v) is 3.64. The zero-order valence-corrected chi connectivity index (χ0v) is 12.5. The molecule has 0 saturated heterocycles. The first-order valence-electron chi connectivity index (χ1n) is 7.64. The number of aryl methyl sites for hydroxylation is 1. The molecule has 21 heavy (non-hydrogen) atoms. The average Bonchev–Trinajstić information content (AvgIpc) is 2.50. The minimum atomic E-state index is -0.616. The number of hydrogen-bond acceptors (Lipinski definition) is 2. The van der Waals surface area contributed by atoms with Gasteiger partial charge in [0.15, 0.2) is 11.6 Å². The fourth-order valence-corrected chi connectivity index (χ4v) is 2.34. The highest BCUT2D eigenvalue weighted by Gasteiger charge is 2.05. The topological polar surface area (TPSA) is 33.1 Å². The van der Waals surface area contributed by atoms with Crippen LogP contribution >= 0.6 is 0 Å². The minimum absolute atomic E-state index is 0.331. The second-order valence-corrected chi connectivity index (χ2v) is 5.38. The summed E-state index contributed by atoms with van der Waals surface area (Å²) >= 11 is 0. The number of phenolic OH excluding ortho intramolecular Hbond substituents is 1. The average molecular weight is 287 g/mol. The summed E-state index contributed by atoms with van der Waals surface area (Å²) < 4.78 is 13.3. The number of phenols is 1. The fraction of sp³-hybridized carbons (Fsp3) is 0.389. The van der Waals surface area contributed by atoms with E-state index >= 15 is 0 Å². The molecule has 2 rings (SSSR count). The van der Waals surface area contributed by atoms with E-state index in [1.54, 1.807) is 6.07 Å². The Morgan fingerprint density at radius 3 is 2.52 bits per heavy atom. The van der Waals surface area contributed by atoms with Crippen molar-refractivity contribution in [1.29, 1.82) is 0 Å². The quantitative estimate of drug-likeness (QED) is 0.718. The van der Waals surface area contributed by atoms with Crippen LogP contribution in [0, 0.1) is 5.82 Å². The maximum absolute atomic E-state index is 13.3. The van der Waals surface area contributed by atoms with Gasteiger partial charge in [0, 0.05) is 11.8 Å². The minimum Gasteiger partial charge on any atom is -0.505 e. The van der Waals surface area contributed by atoms with Crippen molar-refractivity contribution in [1.82, 2.24) is 4.98 Å². The van der Waals surface area contributed by atoms with Gasteiger partial charge in [0.2, 0.25) is 0 Å². The van der Waals surface area contributed by atoms with Gasteiger partial charge < -0.3 is 5.11 Å². The number of hydrogen-bond donors (Lipinski definition) is 1. The van der Waals surface area contributed by atoms with Crippen molar-refractivity contribution in [3.05, 3.63) is 47.9 Å². The van der Waals surface area contributed by atoms with Crippen molar-refractivity contribution in [2.75, 3.05) is 0 Å². The van der Waals surface area contributed by atoms with E-state index in [9.17, 15) is 9.50 Å². The molecule has 0 amide bonds. The zero-order chi connectivity index (χ0) is 15.1. The summed E-state index contributed by atoms with van der Waals surface area (Å²) in [6, 6.07) is 8.29. The summed E-state index contributed by atoms with van der Waals surface area (Å²) in [5, 5.41) is 9.20. The second kappa shape index (κ2) is 7.77. The van der Waals surface area contributed by atoms with Crippen LogP contribution in [-0.2, 0) is 6.42 Å². The van der Waals surface area contributed by atoms with Crippen LogP contribution in [0.2, 0.25) is 0 Å². The van der Waals surface area contributed by atoms with E-state index < -0.39 is 5.82 Å². The third-order valence-electron chi connectivity index (χ3n) is 3.64. The van der Waals surface area contributed by atoms with E-state index in [4.69, 9.17) is 0 Å². The summed E-state index contributed by atoms with van der Waals surface area (Å²) in [5.74, 6) is -0.947. The van der Waals surface area contributed by atoms with Gasteiger partial charge in [0.1, 0.15) is 0 Å². The number of aromatic nitrogens is 1. The van der Waals surface area contributed by atoms with Crippen LogP contribution in [-0.4, -0.2) is 10.1 Å². The molecule has 2 aromatic rings. The van der Waals surface area contributed by atoms with E-state index in [0.29, 0.717) is 5.56 Å². The fourth-order valence-electron chi connectivity index (χ4n) is 2.34. The second-order valence-electron chi connectivity index (χ2n) is 5.38. The van der Waals surface area contributed by atoms with Gasteiger partial charge in [0.05, 0.1) is 5.69 Å². The van der Waals surface area contributed by atoms with Gasteiger partial charge in [-0.3, -0.25) is 4.98 Å². The molecular weight excluding hydrogens is 265 g/mol. The first-order valence-corrected chi connectivity index (χ1v) is 7.64. The molecule has 0 radical (unpaired) electrons. The Morgan fingerprint density at radius 2 is 1.86 bits per heavy atom. The highest BCUT2D eigenvalue weighted by molar-refractivity contribution is 5.60. The Hall–Kier alpha value is -1.90. The first kappa shape index (κ1) is 15.5. The molecular formula is C18H22FNO. The molecule has 0 saturated carbocycles. The first-order chi connectivity index (χ1) is 10.2. The molecule has 112 valence electrons. The lowest BCUT2D eigenvalue weighted by Gasteiger charge is -2.05. The van der Waals surface area contributed by atoms with Crippen LogP contribution in [0.5, 0.6) is 5.75 Å². The summed E-state index contributed by atoms with van der Waals surface area (Å²) in [5.41, 5.74) is 2.62. The standard InChI is InChI=1S/C18H22FNO/c1-2-3-4-5-6-7-14-8-10-17(20-13-14)15-9-11-18(21)16(19)12-15/h8-13,21H,2-7H2,1H3.